The van der Waals surface area contributed by atoms with Crippen molar-refractivity contribution in [3.63, 3.8) is 0 Å². The van der Waals surface area contributed by atoms with Gasteiger partial charge in [-0.15, -0.1) is 12.4 Å². The van der Waals surface area contributed by atoms with Crippen LogP contribution in [0, 0.1) is 6.92 Å². The molecule has 3 atom stereocenters. The van der Waals surface area contributed by atoms with Gasteiger partial charge in [0.05, 0.1) is 26.0 Å². The van der Waals surface area contributed by atoms with E-state index in [0.717, 1.165) is 42.6 Å². The van der Waals surface area contributed by atoms with Crippen LogP contribution in [0.5, 0.6) is 11.5 Å². The largest absolute Gasteiger partial charge is 0.493 e. The van der Waals surface area contributed by atoms with E-state index in [4.69, 9.17) is 9.47 Å². The van der Waals surface area contributed by atoms with Crippen LogP contribution >= 0.6 is 12.4 Å². The molecule has 0 spiro atoms. The number of alkyl halides is 2. The summed E-state index contributed by atoms with van der Waals surface area (Å²) >= 11 is 0. The van der Waals surface area contributed by atoms with E-state index in [1.54, 1.807) is 32.4 Å². The molecule has 1 aromatic heterocycles. The minimum absolute atomic E-state index is 0. The van der Waals surface area contributed by atoms with Crippen LogP contribution in [0.15, 0.2) is 42.5 Å². The molecule has 2 unspecified atom stereocenters. The number of ether oxygens (including phenoxy) is 2. The molecule has 3 N–H and O–H groups in total. The van der Waals surface area contributed by atoms with Crippen LogP contribution in [0.3, 0.4) is 0 Å². The van der Waals surface area contributed by atoms with Crippen molar-refractivity contribution in [2.75, 3.05) is 32.6 Å². The van der Waals surface area contributed by atoms with Crippen LogP contribution in [-0.4, -0.2) is 55.5 Å². The molecular formula is C28H34ClF2N5O3. The zero-order valence-electron chi connectivity index (χ0n) is 22.2. The molecule has 11 heteroatoms. The summed E-state index contributed by atoms with van der Waals surface area (Å²) in [5.74, 6) is 1.52. The van der Waals surface area contributed by atoms with Crippen molar-refractivity contribution < 1.29 is 23.0 Å². The molecule has 3 aromatic rings. The quantitative estimate of drug-likeness (QED) is 0.370. The van der Waals surface area contributed by atoms with Crippen molar-refractivity contribution in [1.82, 2.24) is 20.4 Å². The molecule has 3 heterocycles. The van der Waals surface area contributed by atoms with Gasteiger partial charge < -0.3 is 25.4 Å². The van der Waals surface area contributed by atoms with Crippen molar-refractivity contribution in [2.24, 2.45) is 0 Å². The normalized spacial score (nSPS) is 20.4. The Kier molecular flexibility index (Phi) is 8.97. The van der Waals surface area contributed by atoms with E-state index >= 15 is 0 Å². The summed E-state index contributed by atoms with van der Waals surface area (Å²) in [4.78, 5) is 12.8. The molecule has 2 aliphatic rings. The zero-order valence-corrected chi connectivity index (χ0v) is 23.0. The third kappa shape index (κ3) is 5.96. The number of benzene rings is 2. The number of hydrogen-bond acceptors (Lipinski definition) is 6. The number of carbonyl (C=O) groups is 1. The van der Waals surface area contributed by atoms with Gasteiger partial charge in [0, 0.05) is 29.8 Å². The second-order valence-corrected chi connectivity index (χ2v) is 9.85. The first-order valence-electron chi connectivity index (χ1n) is 12.9. The highest BCUT2D eigenvalue weighted by atomic mass is 35.5. The van der Waals surface area contributed by atoms with Gasteiger partial charge in [0.2, 0.25) is 0 Å². The fraction of sp³-hybridized carbons (Fsp3) is 0.429. The number of nitrogens with zero attached hydrogens (tertiary/aromatic N) is 2. The van der Waals surface area contributed by atoms with E-state index in [9.17, 15) is 13.6 Å². The Balaban J connectivity index is 0.00000353. The first-order valence-corrected chi connectivity index (χ1v) is 12.9. The number of hydrogen-bond donors (Lipinski definition) is 3. The van der Waals surface area contributed by atoms with Gasteiger partial charge in [-0.25, -0.2) is 13.5 Å². The number of carbonyl (C=O) groups excluding carboxylic acids is 1. The second-order valence-electron chi connectivity index (χ2n) is 9.85. The second kappa shape index (κ2) is 12.2. The third-order valence-electron chi connectivity index (χ3n) is 7.35. The standard InChI is InChI=1S/C28H33F2N5O3.ClH/c1-16-11-18(28(36)32-19-5-4-10-31-15-19)6-8-20(16)22-14-26-33-21(13-23(27(29)30)35(26)34-22)17-7-9-24(37-2)25(12-17)38-3;/h6-9,11-12,14,19,21,23,27,31,33H,4-5,10,13,15H2,1-3H3,(H,32,36);1H/t19-,21?,23?;/m1./s1. The van der Waals surface area contributed by atoms with E-state index in [1.807, 2.05) is 31.2 Å². The van der Waals surface area contributed by atoms with Crippen LogP contribution in [-0.2, 0) is 0 Å². The molecule has 39 heavy (non-hydrogen) atoms. The van der Waals surface area contributed by atoms with Crippen molar-refractivity contribution in [3.05, 3.63) is 59.2 Å². The van der Waals surface area contributed by atoms with Crippen LogP contribution in [0.2, 0.25) is 0 Å². The maximum atomic E-state index is 14.2. The highest BCUT2D eigenvalue weighted by Gasteiger charge is 2.35. The number of halogens is 3. The Morgan fingerprint density at radius 3 is 2.59 bits per heavy atom. The number of aromatic nitrogens is 2. The molecule has 2 aliphatic heterocycles. The van der Waals surface area contributed by atoms with Gasteiger partial charge in [0.1, 0.15) is 11.9 Å². The van der Waals surface area contributed by atoms with Crippen LogP contribution in [0.4, 0.5) is 14.6 Å². The molecule has 0 aliphatic carbocycles. The van der Waals surface area contributed by atoms with Gasteiger partial charge in [-0.2, -0.15) is 5.10 Å². The molecule has 1 fully saturated rings. The average Bonchev–Trinajstić information content (AvgIpc) is 3.36. The van der Waals surface area contributed by atoms with E-state index in [0.29, 0.717) is 28.6 Å². The highest BCUT2D eigenvalue weighted by Crippen LogP contribution is 2.41. The minimum Gasteiger partial charge on any atom is -0.493 e. The average molecular weight is 562 g/mol. The third-order valence-corrected chi connectivity index (χ3v) is 7.35. The number of anilines is 1. The highest BCUT2D eigenvalue weighted by molar-refractivity contribution is 5.95. The molecule has 0 saturated carbocycles. The number of rotatable bonds is 7. The number of aryl methyl sites for hydroxylation is 1. The number of piperidine rings is 1. The molecular weight excluding hydrogens is 528 g/mol. The number of nitrogens with one attached hydrogen (secondary N) is 3. The minimum atomic E-state index is -2.59. The van der Waals surface area contributed by atoms with E-state index < -0.39 is 12.5 Å². The predicted octanol–water partition coefficient (Wildman–Crippen LogP) is 5.14. The molecule has 1 saturated heterocycles. The predicted molar refractivity (Wildman–Crippen MR) is 149 cm³/mol. The van der Waals surface area contributed by atoms with Crippen molar-refractivity contribution in [3.8, 4) is 22.8 Å². The van der Waals surface area contributed by atoms with Crippen molar-refractivity contribution in [1.29, 1.82) is 0 Å². The Bertz CT molecular complexity index is 1310. The van der Waals surface area contributed by atoms with E-state index in [-0.39, 0.29) is 36.8 Å². The SMILES string of the molecule is COc1ccc(C2CC(C(F)F)n3nc(-c4ccc(C(=O)N[C@@H]5CCCNC5)cc4C)cc3N2)cc1OC.Cl. The van der Waals surface area contributed by atoms with Crippen LogP contribution < -0.4 is 25.4 Å². The van der Waals surface area contributed by atoms with Gasteiger partial charge >= 0.3 is 0 Å². The number of amides is 1. The van der Waals surface area contributed by atoms with E-state index in [2.05, 4.69) is 21.0 Å². The lowest BCUT2D eigenvalue weighted by Gasteiger charge is -2.32. The van der Waals surface area contributed by atoms with Crippen LogP contribution in [0.25, 0.3) is 11.3 Å². The number of methoxy groups -OCH3 is 2. The summed E-state index contributed by atoms with van der Waals surface area (Å²) in [6.45, 7) is 3.65. The summed E-state index contributed by atoms with van der Waals surface area (Å²) in [7, 11) is 3.10. The number of fused-ring (bicyclic) bond motifs is 1. The molecule has 0 radical (unpaired) electrons. The van der Waals surface area contributed by atoms with E-state index in [1.165, 1.54) is 4.68 Å². The lowest BCUT2D eigenvalue weighted by Crippen LogP contribution is -2.45. The monoisotopic (exact) mass is 561 g/mol. The maximum Gasteiger partial charge on any atom is 0.260 e. The lowest BCUT2D eigenvalue weighted by atomic mass is 9.97. The Morgan fingerprint density at radius 1 is 1.13 bits per heavy atom. The summed E-state index contributed by atoms with van der Waals surface area (Å²) in [6, 6.07) is 11.3. The lowest BCUT2D eigenvalue weighted by molar-refractivity contribution is 0.0659. The maximum absolute atomic E-state index is 14.2. The Hall–Kier alpha value is -3.37. The first-order chi connectivity index (χ1) is 18.4. The molecule has 5 rings (SSSR count). The van der Waals surface area contributed by atoms with Crippen molar-refractivity contribution >= 4 is 24.1 Å². The van der Waals surface area contributed by atoms with Gasteiger partial charge in [0.15, 0.2) is 11.5 Å². The van der Waals surface area contributed by atoms with Gasteiger partial charge in [-0.3, -0.25) is 4.79 Å². The molecule has 2 aromatic carbocycles. The summed E-state index contributed by atoms with van der Waals surface area (Å²) in [6.07, 6.45) is -0.435. The Labute approximate surface area is 232 Å². The van der Waals surface area contributed by atoms with Crippen LogP contribution in [0.1, 0.15) is 52.8 Å². The molecule has 1 amide bonds. The summed E-state index contributed by atoms with van der Waals surface area (Å²) in [5, 5.41) is 14.3. The summed E-state index contributed by atoms with van der Waals surface area (Å²) < 4.78 is 40.5. The fourth-order valence-electron chi connectivity index (χ4n) is 5.30. The van der Waals surface area contributed by atoms with Gasteiger partial charge in [-0.05, 0) is 68.1 Å². The fourth-order valence-corrected chi connectivity index (χ4v) is 5.30. The molecule has 210 valence electrons. The molecule has 8 nitrogen and oxygen atoms in total. The molecule has 0 bridgehead atoms. The Morgan fingerprint density at radius 2 is 1.92 bits per heavy atom. The smallest absolute Gasteiger partial charge is 0.260 e. The van der Waals surface area contributed by atoms with Gasteiger partial charge in [0.25, 0.3) is 12.3 Å². The van der Waals surface area contributed by atoms with Crippen molar-refractivity contribution in [2.45, 2.75) is 50.7 Å². The van der Waals surface area contributed by atoms with Gasteiger partial charge in [-0.1, -0.05) is 12.1 Å². The summed E-state index contributed by atoms with van der Waals surface area (Å²) in [5.41, 5.74) is 3.60. The zero-order chi connectivity index (χ0) is 26.8. The first kappa shape index (κ1) is 28.6. The topological polar surface area (TPSA) is 89.4 Å².